The van der Waals surface area contributed by atoms with Crippen molar-refractivity contribution in [3.05, 3.63) is 75.3 Å². The van der Waals surface area contributed by atoms with Gasteiger partial charge in [0.1, 0.15) is 0 Å². The zero-order valence-electron chi connectivity index (χ0n) is 17.5. The highest BCUT2D eigenvalue weighted by molar-refractivity contribution is 6.42. The summed E-state index contributed by atoms with van der Waals surface area (Å²) < 4.78 is 38.2. The fourth-order valence-corrected chi connectivity index (χ4v) is 4.60. The third kappa shape index (κ3) is 5.20. The van der Waals surface area contributed by atoms with Crippen molar-refractivity contribution in [3.63, 3.8) is 0 Å². The lowest BCUT2D eigenvalue weighted by Gasteiger charge is -2.53. The topological polar surface area (TPSA) is 40.6 Å². The van der Waals surface area contributed by atoms with E-state index in [1.165, 1.54) is 18.2 Å². The Morgan fingerprint density at radius 3 is 2.12 bits per heavy atom. The number of hydrogen-bond acceptors (Lipinski definition) is 2. The molecule has 0 aliphatic carbocycles. The highest BCUT2D eigenvalue weighted by atomic mass is 35.5. The van der Waals surface area contributed by atoms with E-state index < -0.39 is 11.7 Å². The van der Waals surface area contributed by atoms with Crippen molar-refractivity contribution in [1.29, 1.82) is 0 Å². The molecule has 0 saturated carbocycles. The summed E-state index contributed by atoms with van der Waals surface area (Å²) in [5.41, 5.74) is 0.244. The number of carbonyl (C=O) groups excluding carboxylic acids is 2. The fraction of sp³-hybridized carbons (Fsp3) is 0.333. The molecular weight excluding hydrogens is 476 g/mol. The molecule has 4 rings (SSSR count). The first kappa shape index (κ1) is 23.6. The maximum absolute atomic E-state index is 12.7. The van der Waals surface area contributed by atoms with E-state index in [1.54, 1.807) is 34.1 Å². The Labute approximate surface area is 199 Å². The van der Waals surface area contributed by atoms with Crippen LogP contribution >= 0.6 is 23.2 Å². The Morgan fingerprint density at radius 2 is 1.55 bits per heavy atom. The van der Waals surface area contributed by atoms with Crippen molar-refractivity contribution in [1.82, 2.24) is 9.80 Å². The first-order valence-electron chi connectivity index (χ1n) is 10.4. The van der Waals surface area contributed by atoms with E-state index in [-0.39, 0.29) is 22.8 Å². The standard InChI is InChI=1S/C24H21Cl2F3N2O2/c25-19-7-1-16(13-20(19)26)2-8-21(32)31-14-23(15-31)9-11-30(12-10-23)22(33)17-3-5-18(6-4-17)24(27,28)29/h1-8,13H,9-12,14-15H2/b8-2+. The van der Waals surface area contributed by atoms with E-state index in [1.807, 2.05) is 0 Å². The van der Waals surface area contributed by atoms with Gasteiger partial charge >= 0.3 is 6.18 Å². The Balaban J connectivity index is 1.28. The number of benzene rings is 2. The van der Waals surface area contributed by atoms with Crippen LogP contribution in [0.5, 0.6) is 0 Å². The number of hydrogen-bond donors (Lipinski definition) is 0. The van der Waals surface area contributed by atoms with Gasteiger partial charge in [-0.3, -0.25) is 9.59 Å². The van der Waals surface area contributed by atoms with Crippen LogP contribution in [0.1, 0.15) is 34.3 Å². The smallest absolute Gasteiger partial charge is 0.339 e. The summed E-state index contributed by atoms with van der Waals surface area (Å²) in [6.07, 6.45) is 0.277. The van der Waals surface area contributed by atoms with Crippen LogP contribution < -0.4 is 0 Å². The molecule has 9 heteroatoms. The van der Waals surface area contributed by atoms with Gasteiger partial charge in [0, 0.05) is 43.2 Å². The molecule has 33 heavy (non-hydrogen) atoms. The van der Waals surface area contributed by atoms with Gasteiger partial charge in [0.05, 0.1) is 15.6 Å². The minimum atomic E-state index is -4.43. The molecule has 0 unspecified atom stereocenters. The minimum Gasteiger partial charge on any atom is -0.339 e. The Morgan fingerprint density at radius 1 is 0.909 bits per heavy atom. The van der Waals surface area contributed by atoms with E-state index in [2.05, 4.69) is 0 Å². The zero-order chi connectivity index (χ0) is 23.8. The van der Waals surface area contributed by atoms with Gasteiger partial charge in [0.15, 0.2) is 0 Å². The monoisotopic (exact) mass is 496 g/mol. The van der Waals surface area contributed by atoms with Crippen molar-refractivity contribution in [3.8, 4) is 0 Å². The predicted molar refractivity (Wildman–Crippen MR) is 121 cm³/mol. The normalized spacial score (nSPS) is 18.0. The third-order valence-corrected chi connectivity index (χ3v) is 7.04. The lowest BCUT2D eigenvalue weighted by atomic mass is 9.72. The van der Waals surface area contributed by atoms with Crippen LogP contribution in [0.25, 0.3) is 6.08 Å². The molecule has 0 atom stereocenters. The van der Waals surface area contributed by atoms with E-state index in [0.29, 0.717) is 36.2 Å². The summed E-state index contributed by atoms with van der Waals surface area (Å²) in [6, 6.07) is 9.44. The molecular formula is C24H21Cl2F3N2O2. The summed E-state index contributed by atoms with van der Waals surface area (Å²) in [6.45, 7) is 2.28. The molecule has 2 aromatic rings. The van der Waals surface area contributed by atoms with Crippen molar-refractivity contribution in [2.45, 2.75) is 19.0 Å². The first-order chi connectivity index (χ1) is 15.6. The van der Waals surface area contributed by atoms with Gasteiger partial charge in [-0.15, -0.1) is 0 Å². The molecule has 2 amide bonds. The molecule has 2 aromatic carbocycles. The average Bonchev–Trinajstić information content (AvgIpc) is 2.77. The Hall–Kier alpha value is -2.51. The average molecular weight is 497 g/mol. The van der Waals surface area contributed by atoms with Gasteiger partial charge in [-0.05, 0) is 60.9 Å². The van der Waals surface area contributed by atoms with Crippen LogP contribution in [0.15, 0.2) is 48.5 Å². The second kappa shape index (κ2) is 9.03. The van der Waals surface area contributed by atoms with E-state index in [4.69, 9.17) is 23.2 Å². The number of amides is 2. The van der Waals surface area contributed by atoms with Crippen molar-refractivity contribution in [2.24, 2.45) is 5.41 Å². The number of carbonyl (C=O) groups is 2. The molecule has 0 aromatic heterocycles. The summed E-state index contributed by atoms with van der Waals surface area (Å²) in [4.78, 5) is 28.6. The molecule has 2 fully saturated rings. The third-order valence-electron chi connectivity index (χ3n) is 6.30. The summed E-state index contributed by atoms with van der Waals surface area (Å²) in [5, 5.41) is 0.875. The van der Waals surface area contributed by atoms with Crippen LogP contribution in [-0.2, 0) is 11.0 Å². The van der Waals surface area contributed by atoms with Gasteiger partial charge in [-0.2, -0.15) is 13.2 Å². The molecule has 0 bridgehead atoms. The molecule has 4 nitrogen and oxygen atoms in total. The van der Waals surface area contributed by atoms with Crippen LogP contribution in [0.2, 0.25) is 10.0 Å². The summed E-state index contributed by atoms with van der Waals surface area (Å²) >= 11 is 11.9. The molecule has 0 radical (unpaired) electrons. The Kier molecular flexibility index (Phi) is 6.47. The van der Waals surface area contributed by atoms with E-state index in [9.17, 15) is 22.8 Å². The maximum atomic E-state index is 12.7. The molecule has 1 spiro atoms. The number of nitrogens with zero attached hydrogens (tertiary/aromatic N) is 2. The van der Waals surface area contributed by atoms with Crippen molar-refractivity contribution >= 4 is 41.1 Å². The minimum absolute atomic E-state index is 0.00992. The SMILES string of the molecule is O=C(/C=C/c1ccc(Cl)c(Cl)c1)N1CC2(CCN(C(=O)c3ccc(C(F)(F)F)cc3)CC2)C1. The van der Waals surface area contributed by atoms with Crippen LogP contribution in [0.3, 0.4) is 0 Å². The number of likely N-dealkylation sites (tertiary alicyclic amines) is 2. The first-order valence-corrected chi connectivity index (χ1v) is 11.2. The van der Waals surface area contributed by atoms with Gasteiger partial charge in [-0.25, -0.2) is 0 Å². The molecule has 0 N–H and O–H groups in total. The number of rotatable bonds is 3. The quantitative estimate of drug-likeness (QED) is 0.504. The van der Waals surface area contributed by atoms with Crippen LogP contribution in [0.4, 0.5) is 13.2 Å². The summed E-state index contributed by atoms with van der Waals surface area (Å²) in [5.74, 6) is -0.356. The number of piperidine rings is 1. The largest absolute Gasteiger partial charge is 0.416 e. The number of alkyl halides is 3. The highest BCUT2D eigenvalue weighted by Crippen LogP contribution is 2.41. The lowest BCUT2D eigenvalue weighted by Crippen LogP contribution is -2.62. The predicted octanol–water partition coefficient (Wildman–Crippen LogP) is 5.79. The zero-order valence-corrected chi connectivity index (χ0v) is 19.1. The van der Waals surface area contributed by atoms with Gasteiger partial charge in [0.2, 0.25) is 5.91 Å². The van der Waals surface area contributed by atoms with Crippen LogP contribution in [0, 0.1) is 5.41 Å². The van der Waals surface area contributed by atoms with Crippen molar-refractivity contribution in [2.75, 3.05) is 26.2 Å². The maximum Gasteiger partial charge on any atom is 0.416 e. The molecule has 2 heterocycles. The fourth-order valence-electron chi connectivity index (χ4n) is 4.29. The van der Waals surface area contributed by atoms with E-state index >= 15 is 0 Å². The second-order valence-electron chi connectivity index (χ2n) is 8.57. The van der Waals surface area contributed by atoms with Gasteiger partial charge in [0.25, 0.3) is 5.91 Å². The van der Waals surface area contributed by atoms with Gasteiger partial charge < -0.3 is 9.80 Å². The number of halogens is 5. The molecule has 174 valence electrons. The van der Waals surface area contributed by atoms with E-state index in [0.717, 1.165) is 30.5 Å². The second-order valence-corrected chi connectivity index (χ2v) is 9.38. The highest BCUT2D eigenvalue weighted by Gasteiger charge is 2.46. The van der Waals surface area contributed by atoms with Crippen LogP contribution in [-0.4, -0.2) is 47.8 Å². The molecule has 2 aliphatic heterocycles. The molecule has 2 saturated heterocycles. The molecule has 2 aliphatic rings. The Bertz CT molecular complexity index is 1080. The van der Waals surface area contributed by atoms with Gasteiger partial charge in [-0.1, -0.05) is 29.3 Å². The lowest BCUT2D eigenvalue weighted by molar-refractivity contribution is -0.140. The van der Waals surface area contributed by atoms with Crippen molar-refractivity contribution < 1.29 is 22.8 Å². The summed E-state index contributed by atoms with van der Waals surface area (Å²) in [7, 11) is 0.